The van der Waals surface area contributed by atoms with Crippen LogP contribution >= 0.6 is 0 Å². The molecule has 0 aliphatic heterocycles. The van der Waals surface area contributed by atoms with Crippen LogP contribution in [-0.2, 0) is 0 Å². The molecular weight excluding hydrogens is 530 g/mol. The number of benzene rings is 5. The van der Waals surface area contributed by atoms with Gasteiger partial charge in [-0.05, 0) is 42.5 Å². The lowest BCUT2D eigenvalue weighted by Crippen LogP contribution is -2.03. The van der Waals surface area contributed by atoms with Crippen molar-refractivity contribution in [3.8, 4) is 23.8 Å². The molecule has 9 aromatic rings. The van der Waals surface area contributed by atoms with Crippen molar-refractivity contribution in [1.82, 2.24) is 14.1 Å². The van der Waals surface area contributed by atoms with Crippen LogP contribution in [0.3, 0.4) is 0 Å². The maximum absolute atomic E-state index is 10.3. The average molecular weight is 550 g/mol. The molecule has 0 fully saturated rings. The zero-order chi connectivity index (χ0) is 28.7. The SMILES string of the molecule is N#Cc1cccc2c1oc1c(C#N)cc3c(c4ccccc4n3-c3cccc(-n4c5ccccc5c5ccccc54)n3)c12. The Balaban J connectivity index is 1.41. The van der Waals surface area contributed by atoms with E-state index in [1.165, 1.54) is 10.8 Å². The van der Waals surface area contributed by atoms with E-state index in [0.717, 1.165) is 55.2 Å². The quantitative estimate of drug-likeness (QED) is 0.215. The van der Waals surface area contributed by atoms with Crippen LogP contribution in [0.15, 0.2) is 120 Å². The molecule has 0 unspecified atom stereocenters. The van der Waals surface area contributed by atoms with Crippen molar-refractivity contribution in [2.75, 3.05) is 0 Å². The molecule has 5 aromatic carbocycles. The zero-order valence-electron chi connectivity index (χ0n) is 22.6. The van der Waals surface area contributed by atoms with Crippen LogP contribution in [-0.4, -0.2) is 14.1 Å². The minimum Gasteiger partial charge on any atom is -0.453 e. The van der Waals surface area contributed by atoms with E-state index >= 15 is 0 Å². The summed E-state index contributed by atoms with van der Waals surface area (Å²) in [6, 6.07) is 43.0. The highest BCUT2D eigenvalue weighted by Gasteiger charge is 2.23. The lowest BCUT2D eigenvalue weighted by molar-refractivity contribution is 0.666. The summed E-state index contributed by atoms with van der Waals surface area (Å²) in [5.41, 5.74) is 5.81. The van der Waals surface area contributed by atoms with Gasteiger partial charge in [0.1, 0.15) is 23.8 Å². The Morgan fingerprint density at radius 3 is 1.67 bits per heavy atom. The highest BCUT2D eigenvalue weighted by atomic mass is 16.3. The first-order valence-electron chi connectivity index (χ1n) is 13.9. The van der Waals surface area contributed by atoms with Crippen LogP contribution in [0.5, 0.6) is 0 Å². The Kier molecular flexibility index (Phi) is 4.65. The molecule has 0 saturated carbocycles. The Hall–Kier alpha value is -6.37. The van der Waals surface area contributed by atoms with Crippen LogP contribution in [0.4, 0.5) is 0 Å². The van der Waals surface area contributed by atoms with Crippen molar-refractivity contribution in [1.29, 1.82) is 10.5 Å². The number of rotatable bonds is 2. The molecular formula is C37H19N5O. The summed E-state index contributed by atoms with van der Waals surface area (Å²) in [5, 5.41) is 26.0. The van der Waals surface area contributed by atoms with Gasteiger partial charge in [0, 0.05) is 32.3 Å². The fourth-order valence-corrected chi connectivity index (χ4v) is 6.67. The van der Waals surface area contributed by atoms with Gasteiger partial charge in [-0.3, -0.25) is 9.13 Å². The van der Waals surface area contributed by atoms with E-state index < -0.39 is 0 Å². The van der Waals surface area contributed by atoms with E-state index in [2.05, 4.69) is 81.9 Å². The van der Waals surface area contributed by atoms with Gasteiger partial charge in [-0.25, -0.2) is 4.98 Å². The number of fused-ring (bicyclic) bond motifs is 10. The largest absolute Gasteiger partial charge is 0.453 e. The number of nitrogens with zero attached hydrogens (tertiary/aromatic N) is 5. The monoisotopic (exact) mass is 549 g/mol. The molecule has 6 nitrogen and oxygen atoms in total. The van der Waals surface area contributed by atoms with E-state index in [1.54, 1.807) is 6.07 Å². The number of hydrogen-bond acceptors (Lipinski definition) is 4. The molecule has 0 spiro atoms. The maximum Gasteiger partial charge on any atom is 0.154 e. The lowest BCUT2D eigenvalue weighted by atomic mass is 10.0. The van der Waals surface area contributed by atoms with Crippen LogP contribution < -0.4 is 0 Å². The molecule has 0 amide bonds. The third-order valence-electron chi connectivity index (χ3n) is 8.40. The second-order valence-electron chi connectivity index (χ2n) is 10.6. The number of hydrogen-bond donors (Lipinski definition) is 0. The molecule has 6 heteroatoms. The third kappa shape index (κ3) is 3.07. The summed E-state index contributed by atoms with van der Waals surface area (Å²) < 4.78 is 10.6. The second-order valence-corrected chi connectivity index (χ2v) is 10.6. The predicted molar refractivity (Wildman–Crippen MR) is 170 cm³/mol. The molecule has 0 N–H and O–H groups in total. The first-order valence-corrected chi connectivity index (χ1v) is 13.9. The molecule has 4 aromatic heterocycles. The highest BCUT2D eigenvalue weighted by Crippen LogP contribution is 2.43. The molecule has 0 bridgehead atoms. The van der Waals surface area contributed by atoms with Gasteiger partial charge in [0.05, 0.1) is 33.2 Å². The number of furan rings is 1. The Labute approximate surface area is 244 Å². The minimum absolute atomic E-state index is 0.408. The Morgan fingerprint density at radius 1 is 0.488 bits per heavy atom. The summed E-state index contributed by atoms with van der Waals surface area (Å²) in [5.74, 6) is 1.54. The molecule has 0 radical (unpaired) electrons. The summed E-state index contributed by atoms with van der Waals surface area (Å²) in [6.45, 7) is 0. The number of aromatic nitrogens is 3. The van der Waals surface area contributed by atoms with Gasteiger partial charge in [0.15, 0.2) is 11.2 Å². The topological polar surface area (TPSA) is 83.5 Å². The van der Waals surface area contributed by atoms with Crippen molar-refractivity contribution in [3.05, 3.63) is 126 Å². The van der Waals surface area contributed by atoms with Gasteiger partial charge in [-0.1, -0.05) is 72.8 Å². The fraction of sp³-hybridized carbons (Fsp3) is 0. The zero-order valence-corrected chi connectivity index (χ0v) is 22.6. The molecule has 9 rings (SSSR count). The van der Waals surface area contributed by atoms with Crippen LogP contribution in [0.1, 0.15) is 11.1 Å². The van der Waals surface area contributed by atoms with Crippen molar-refractivity contribution in [2.45, 2.75) is 0 Å². The van der Waals surface area contributed by atoms with E-state index in [0.29, 0.717) is 22.3 Å². The standard InChI is InChI=1S/C37H19N5O/c38-20-22-9-7-13-27-35-34-26-12-3-6-16-30(26)42(31(34)19-23(21-39)37(35)43-36(22)27)33-18-8-17-32(40-33)41-28-14-4-1-10-24(28)25-11-2-5-15-29(25)41/h1-19H. The number of nitriles is 2. The normalized spacial score (nSPS) is 11.7. The van der Waals surface area contributed by atoms with Crippen molar-refractivity contribution in [3.63, 3.8) is 0 Å². The molecule has 4 heterocycles. The number of para-hydroxylation sites is 4. The van der Waals surface area contributed by atoms with Gasteiger partial charge in [-0.2, -0.15) is 10.5 Å². The first-order chi connectivity index (χ1) is 21.3. The van der Waals surface area contributed by atoms with E-state index in [4.69, 9.17) is 9.40 Å². The molecule has 0 aliphatic carbocycles. The molecule has 0 aliphatic rings. The van der Waals surface area contributed by atoms with E-state index in [9.17, 15) is 10.5 Å². The van der Waals surface area contributed by atoms with Crippen LogP contribution in [0.2, 0.25) is 0 Å². The highest BCUT2D eigenvalue weighted by molar-refractivity contribution is 6.28. The molecule has 43 heavy (non-hydrogen) atoms. The molecule has 0 saturated heterocycles. The van der Waals surface area contributed by atoms with Gasteiger partial charge >= 0.3 is 0 Å². The second kappa shape index (κ2) is 8.57. The van der Waals surface area contributed by atoms with Crippen molar-refractivity contribution < 1.29 is 4.42 Å². The summed E-state index contributed by atoms with van der Waals surface area (Å²) >= 11 is 0. The van der Waals surface area contributed by atoms with Crippen LogP contribution in [0.25, 0.3) is 77.2 Å². The maximum atomic E-state index is 10.3. The average Bonchev–Trinajstić information content (AvgIpc) is 3.72. The lowest BCUT2D eigenvalue weighted by Gasteiger charge is -2.11. The van der Waals surface area contributed by atoms with E-state index in [1.807, 2.05) is 48.5 Å². The smallest absolute Gasteiger partial charge is 0.154 e. The minimum atomic E-state index is 0.408. The summed E-state index contributed by atoms with van der Waals surface area (Å²) in [7, 11) is 0. The Morgan fingerprint density at radius 2 is 1.02 bits per heavy atom. The van der Waals surface area contributed by atoms with Gasteiger partial charge < -0.3 is 4.42 Å². The van der Waals surface area contributed by atoms with E-state index in [-0.39, 0.29) is 0 Å². The van der Waals surface area contributed by atoms with Crippen LogP contribution in [0, 0.1) is 22.7 Å². The molecule has 198 valence electrons. The van der Waals surface area contributed by atoms with Gasteiger partial charge in [0.25, 0.3) is 0 Å². The number of pyridine rings is 1. The third-order valence-corrected chi connectivity index (χ3v) is 8.40. The van der Waals surface area contributed by atoms with Gasteiger partial charge in [0.2, 0.25) is 0 Å². The first kappa shape index (κ1) is 23.3. The summed E-state index contributed by atoms with van der Waals surface area (Å²) in [6.07, 6.45) is 0. The molecule has 0 atom stereocenters. The summed E-state index contributed by atoms with van der Waals surface area (Å²) in [4.78, 5) is 5.25. The van der Waals surface area contributed by atoms with Crippen molar-refractivity contribution in [2.24, 2.45) is 0 Å². The van der Waals surface area contributed by atoms with Gasteiger partial charge in [-0.15, -0.1) is 0 Å². The predicted octanol–water partition coefficient (Wildman–Crippen LogP) is 8.92. The Bertz CT molecular complexity index is 2660. The fourth-order valence-electron chi connectivity index (χ4n) is 6.67. The van der Waals surface area contributed by atoms with Crippen molar-refractivity contribution >= 4 is 65.6 Å².